The number of fused-ring (bicyclic) bond motifs is 1. The Bertz CT molecular complexity index is 630. The molecule has 1 aromatic carbocycles. The molecule has 2 N–H and O–H groups in total. The fraction of sp³-hybridized carbons (Fsp3) is 0.333. The van der Waals surface area contributed by atoms with Gasteiger partial charge in [0, 0.05) is 11.5 Å². The highest BCUT2D eigenvalue weighted by Crippen LogP contribution is 2.19. The number of anilines is 1. The fourth-order valence-corrected chi connectivity index (χ4v) is 2.01. The Labute approximate surface area is 116 Å². The minimum atomic E-state index is -0.916. The van der Waals surface area contributed by atoms with Crippen LogP contribution in [0, 0.1) is 11.7 Å². The summed E-state index contributed by atoms with van der Waals surface area (Å²) in [6.07, 6.45) is 0.742. The molecule has 0 radical (unpaired) electrons. The number of halogens is 1. The van der Waals surface area contributed by atoms with E-state index in [2.05, 4.69) is 10.3 Å². The first kappa shape index (κ1) is 14.2. The highest BCUT2D eigenvalue weighted by Gasteiger charge is 2.23. The van der Waals surface area contributed by atoms with Gasteiger partial charge < -0.3 is 10.4 Å². The Morgan fingerprint density at radius 3 is 2.75 bits per heavy atom. The Hall–Kier alpha value is -2.17. The molecule has 1 aromatic heterocycles. The maximum absolute atomic E-state index is 13.2. The zero-order chi connectivity index (χ0) is 14.7. The van der Waals surface area contributed by atoms with Crippen LogP contribution in [-0.4, -0.2) is 22.1 Å². The normalized spacial score (nSPS) is 13.9. The molecule has 0 aliphatic rings. The zero-order valence-electron chi connectivity index (χ0n) is 11.4. The number of aliphatic carboxylic acids is 1. The summed E-state index contributed by atoms with van der Waals surface area (Å²) >= 11 is 0. The van der Waals surface area contributed by atoms with Gasteiger partial charge in [0.15, 0.2) is 0 Å². The summed E-state index contributed by atoms with van der Waals surface area (Å²) in [6.45, 7) is 3.80. The van der Waals surface area contributed by atoms with Crippen molar-refractivity contribution in [1.29, 1.82) is 0 Å². The lowest BCUT2D eigenvalue weighted by molar-refractivity contribution is -0.139. The number of carbonyl (C=O) groups is 1. The number of carboxylic acid groups (broad SMARTS) is 1. The Morgan fingerprint density at radius 2 is 2.10 bits per heavy atom. The van der Waals surface area contributed by atoms with Crippen LogP contribution in [0.3, 0.4) is 0 Å². The fourth-order valence-electron chi connectivity index (χ4n) is 2.01. The smallest absolute Gasteiger partial charge is 0.326 e. The Balaban J connectivity index is 2.30. The molecule has 0 unspecified atom stereocenters. The third-order valence-electron chi connectivity index (χ3n) is 3.44. The minimum absolute atomic E-state index is 0.0301. The van der Waals surface area contributed by atoms with Crippen LogP contribution in [-0.2, 0) is 4.79 Å². The lowest BCUT2D eigenvalue weighted by atomic mass is 9.99. The molecule has 0 amide bonds. The zero-order valence-corrected chi connectivity index (χ0v) is 11.4. The molecule has 4 nitrogen and oxygen atoms in total. The van der Waals surface area contributed by atoms with E-state index in [9.17, 15) is 14.3 Å². The van der Waals surface area contributed by atoms with Gasteiger partial charge in [0.25, 0.3) is 0 Å². The molecule has 0 fully saturated rings. The van der Waals surface area contributed by atoms with Crippen molar-refractivity contribution in [3.05, 3.63) is 36.1 Å². The summed E-state index contributed by atoms with van der Waals surface area (Å²) in [6, 6.07) is 7.14. The Morgan fingerprint density at radius 1 is 1.40 bits per heavy atom. The van der Waals surface area contributed by atoms with Gasteiger partial charge in [0.1, 0.15) is 17.7 Å². The van der Waals surface area contributed by atoms with E-state index in [1.165, 1.54) is 12.1 Å². The van der Waals surface area contributed by atoms with E-state index >= 15 is 0 Å². The second kappa shape index (κ2) is 5.86. The van der Waals surface area contributed by atoms with Gasteiger partial charge >= 0.3 is 5.97 Å². The summed E-state index contributed by atoms with van der Waals surface area (Å²) in [7, 11) is 0. The molecule has 2 rings (SSSR count). The molecule has 0 spiro atoms. The van der Waals surface area contributed by atoms with E-state index < -0.39 is 12.0 Å². The average Bonchev–Trinajstić information content (AvgIpc) is 2.43. The molecule has 106 valence electrons. The summed E-state index contributed by atoms with van der Waals surface area (Å²) in [4.78, 5) is 15.5. The quantitative estimate of drug-likeness (QED) is 0.879. The predicted molar refractivity (Wildman–Crippen MR) is 76.2 cm³/mol. The van der Waals surface area contributed by atoms with Crippen LogP contribution in [0.4, 0.5) is 10.2 Å². The molecule has 0 saturated carbocycles. The van der Waals surface area contributed by atoms with Crippen LogP contribution >= 0.6 is 0 Å². The van der Waals surface area contributed by atoms with Gasteiger partial charge in [-0.1, -0.05) is 20.3 Å². The SMILES string of the molecule is CC[C@H](C)[C@H](Nc1ccc2ccc(F)cc2n1)C(=O)O. The number of rotatable bonds is 5. The second-order valence-corrected chi connectivity index (χ2v) is 4.88. The molecule has 0 bridgehead atoms. The van der Waals surface area contributed by atoms with Gasteiger partial charge in [-0.15, -0.1) is 0 Å². The monoisotopic (exact) mass is 276 g/mol. The third kappa shape index (κ3) is 3.04. The van der Waals surface area contributed by atoms with E-state index in [-0.39, 0.29) is 11.7 Å². The number of hydrogen-bond acceptors (Lipinski definition) is 3. The lowest BCUT2D eigenvalue weighted by Crippen LogP contribution is -2.35. The van der Waals surface area contributed by atoms with Crippen LogP contribution in [0.25, 0.3) is 10.9 Å². The van der Waals surface area contributed by atoms with E-state index in [0.29, 0.717) is 11.3 Å². The lowest BCUT2D eigenvalue weighted by Gasteiger charge is -2.20. The molecule has 0 aliphatic carbocycles. The molecule has 0 aliphatic heterocycles. The van der Waals surface area contributed by atoms with Crippen molar-refractivity contribution in [1.82, 2.24) is 4.98 Å². The number of carboxylic acids is 1. The molecular weight excluding hydrogens is 259 g/mol. The van der Waals surface area contributed by atoms with E-state index in [1.807, 2.05) is 13.8 Å². The van der Waals surface area contributed by atoms with Crippen LogP contribution in [0.2, 0.25) is 0 Å². The van der Waals surface area contributed by atoms with Crippen LogP contribution in [0.1, 0.15) is 20.3 Å². The highest BCUT2D eigenvalue weighted by atomic mass is 19.1. The first-order valence-electron chi connectivity index (χ1n) is 6.57. The predicted octanol–water partition coefficient (Wildman–Crippen LogP) is 3.29. The number of benzene rings is 1. The summed E-state index contributed by atoms with van der Waals surface area (Å²) in [5.74, 6) is -0.868. The standard InChI is InChI=1S/C15H17FN2O2/c1-3-9(2)14(15(19)20)18-13-7-5-10-4-6-11(16)8-12(10)17-13/h4-9,14H,3H2,1-2H3,(H,17,18)(H,19,20)/t9-,14-/m0/s1. The van der Waals surface area contributed by atoms with Gasteiger partial charge in [0.2, 0.25) is 0 Å². The molecule has 2 aromatic rings. The van der Waals surface area contributed by atoms with Gasteiger partial charge in [-0.05, 0) is 30.2 Å². The number of pyridine rings is 1. The van der Waals surface area contributed by atoms with E-state index in [0.717, 1.165) is 11.8 Å². The summed E-state index contributed by atoms with van der Waals surface area (Å²) < 4.78 is 13.2. The van der Waals surface area contributed by atoms with Gasteiger partial charge in [-0.25, -0.2) is 14.2 Å². The summed E-state index contributed by atoms with van der Waals surface area (Å²) in [5, 5.41) is 13.0. The van der Waals surface area contributed by atoms with Crippen molar-refractivity contribution in [2.45, 2.75) is 26.3 Å². The molecule has 1 heterocycles. The number of nitrogens with zero attached hydrogens (tertiary/aromatic N) is 1. The molecule has 5 heteroatoms. The first-order valence-corrected chi connectivity index (χ1v) is 6.57. The maximum atomic E-state index is 13.2. The van der Waals surface area contributed by atoms with Crippen molar-refractivity contribution in [2.24, 2.45) is 5.92 Å². The van der Waals surface area contributed by atoms with E-state index in [4.69, 9.17) is 0 Å². The third-order valence-corrected chi connectivity index (χ3v) is 3.44. The second-order valence-electron chi connectivity index (χ2n) is 4.88. The average molecular weight is 276 g/mol. The van der Waals surface area contributed by atoms with Gasteiger partial charge in [-0.3, -0.25) is 0 Å². The van der Waals surface area contributed by atoms with E-state index in [1.54, 1.807) is 18.2 Å². The van der Waals surface area contributed by atoms with Gasteiger partial charge in [0.05, 0.1) is 5.52 Å². The van der Waals surface area contributed by atoms with Crippen LogP contribution < -0.4 is 5.32 Å². The highest BCUT2D eigenvalue weighted by molar-refractivity contribution is 5.82. The Kier molecular flexibility index (Phi) is 4.17. The van der Waals surface area contributed by atoms with Crippen molar-refractivity contribution in [2.75, 3.05) is 5.32 Å². The van der Waals surface area contributed by atoms with Crippen LogP contribution in [0.5, 0.6) is 0 Å². The van der Waals surface area contributed by atoms with Crippen LogP contribution in [0.15, 0.2) is 30.3 Å². The molecule has 0 saturated heterocycles. The summed E-state index contributed by atoms with van der Waals surface area (Å²) in [5.41, 5.74) is 0.503. The largest absolute Gasteiger partial charge is 0.480 e. The van der Waals surface area contributed by atoms with Crippen molar-refractivity contribution >= 4 is 22.7 Å². The number of hydrogen-bond donors (Lipinski definition) is 2. The molecule has 20 heavy (non-hydrogen) atoms. The van der Waals surface area contributed by atoms with Crippen molar-refractivity contribution < 1.29 is 14.3 Å². The molecular formula is C15H17FN2O2. The first-order chi connectivity index (χ1) is 9.51. The topological polar surface area (TPSA) is 62.2 Å². The minimum Gasteiger partial charge on any atom is -0.480 e. The van der Waals surface area contributed by atoms with Crippen molar-refractivity contribution in [3.8, 4) is 0 Å². The van der Waals surface area contributed by atoms with Crippen molar-refractivity contribution in [3.63, 3.8) is 0 Å². The maximum Gasteiger partial charge on any atom is 0.326 e. The van der Waals surface area contributed by atoms with Gasteiger partial charge in [-0.2, -0.15) is 0 Å². The number of nitrogens with one attached hydrogen (secondary N) is 1. The number of aromatic nitrogens is 1. The molecule has 2 atom stereocenters.